The number of carbonyl (C=O) groups excluding carboxylic acids is 1. The number of oxazole rings is 1. The van der Waals surface area contributed by atoms with Crippen LogP contribution in [0.15, 0.2) is 34.9 Å². The van der Waals surface area contributed by atoms with Gasteiger partial charge in [-0.15, -0.1) is 11.8 Å². The summed E-state index contributed by atoms with van der Waals surface area (Å²) in [6.07, 6.45) is 2.72. The zero-order chi connectivity index (χ0) is 19.1. The van der Waals surface area contributed by atoms with Crippen LogP contribution in [0.3, 0.4) is 0 Å². The Morgan fingerprint density at radius 1 is 1.35 bits per heavy atom. The summed E-state index contributed by atoms with van der Waals surface area (Å²) in [5, 5.41) is 11.9. The smallest absolute Gasteiger partial charge is 0.326 e. The third kappa shape index (κ3) is 5.78. The number of carboxylic acid groups (broad SMARTS) is 1. The molecule has 1 amide bonds. The minimum Gasteiger partial charge on any atom is -0.480 e. The average Bonchev–Trinajstić information content (AvgIpc) is 3.08. The van der Waals surface area contributed by atoms with Crippen LogP contribution in [0.5, 0.6) is 0 Å². The maximum atomic E-state index is 12.2. The second-order valence-corrected chi connectivity index (χ2v) is 7.53. The first-order valence-corrected chi connectivity index (χ1v) is 9.68. The zero-order valence-electron chi connectivity index (χ0n) is 14.6. The third-order valence-corrected chi connectivity index (χ3v) is 5.08. The van der Waals surface area contributed by atoms with Crippen molar-refractivity contribution in [1.82, 2.24) is 10.3 Å². The fourth-order valence-corrected chi connectivity index (χ4v) is 3.10. The van der Waals surface area contributed by atoms with Crippen LogP contribution < -0.4 is 5.32 Å². The molecule has 0 aliphatic heterocycles. The number of hydrogen-bond acceptors (Lipinski definition) is 5. The van der Waals surface area contributed by atoms with Crippen LogP contribution in [-0.4, -0.2) is 33.3 Å². The van der Waals surface area contributed by atoms with Gasteiger partial charge in [-0.1, -0.05) is 24.9 Å². The summed E-state index contributed by atoms with van der Waals surface area (Å²) in [5.74, 6) is 0.220. The van der Waals surface area contributed by atoms with Crippen molar-refractivity contribution in [3.63, 3.8) is 0 Å². The Labute approximate surface area is 161 Å². The molecule has 0 aliphatic rings. The molecular weight excluding hydrogens is 376 g/mol. The van der Waals surface area contributed by atoms with Crippen LogP contribution >= 0.6 is 23.4 Å². The number of aliphatic carboxylic acids is 1. The van der Waals surface area contributed by atoms with Crippen LogP contribution in [-0.2, 0) is 15.3 Å². The van der Waals surface area contributed by atoms with Crippen LogP contribution in [0, 0.1) is 0 Å². The highest BCUT2D eigenvalue weighted by Gasteiger charge is 2.22. The Morgan fingerprint density at radius 2 is 2.04 bits per heavy atom. The maximum Gasteiger partial charge on any atom is 0.326 e. The number of nitrogens with zero attached hydrogens (tertiary/aromatic N) is 1. The fraction of sp³-hybridized carbons (Fsp3) is 0.389. The SMILES string of the molecule is CCCC(NC(=O)C(C)SCc1ncc(-c2ccc(Cl)cc2)o1)C(=O)O. The number of aromatic nitrogens is 1. The van der Waals surface area contributed by atoms with Crippen LogP contribution in [0.2, 0.25) is 5.02 Å². The molecule has 0 aliphatic carbocycles. The molecule has 0 saturated carbocycles. The number of carbonyl (C=O) groups is 2. The Morgan fingerprint density at radius 3 is 2.65 bits per heavy atom. The normalized spacial score (nSPS) is 13.2. The molecule has 0 radical (unpaired) electrons. The molecule has 2 unspecified atom stereocenters. The lowest BCUT2D eigenvalue weighted by molar-refractivity contribution is -0.141. The number of carboxylic acids is 1. The topological polar surface area (TPSA) is 92.4 Å². The van der Waals surface area contributed by atoms with Gasteiger partial charge in [0.1, 0.15) is 6.04 Å². The Kier molecular flexibility index (Phi) is 7.53. The van der Waals surface area contributed by atoms with Gasteiger partial charge in [-0.2, -0.15) is 0 Å². The van der Waals surface area contributed by atoms with Crippen molar-refractivity contribution in [3.8, 4) is 11.3 Å². The molecule has 2 atom stereocenters. The van der Waals surface area contributed by atoms with Crippen LogP contribution in [0.25, 0.3) is 11.3 Å². The molecule has 140 valence electrons. The summed E-state index contributed by atoms with van der Waals surface area (Å²) in [4.78, 5) is 27.5. The van der Waals surface area contributed by atoms with E-state index < -0.39 is 17.3 Å². The van der Waals surface area contributed by atoms with E-state index in [1.165, 1.54) is 11.8 Å². The molecule has 0 saturated heterocycles. The first-order chi connectivity index (χ1) is 12.4. The Balaban J connectivity index is 1.89. The molecule has 2 rings (SSSR count). The summed E-state index contributed by atoms with van der Waals surface area (Å²) in [7, 11) is 0. The lowest BCUT2D eigenvalue weighted by Crippen LogP contribution is -2.43. The van der Waals surface area contributed by atoms with Gasteiger partial charge in [-0.25, -0.2) is 9.78 Å². The standard InChI is InChI=1S/C18H21ClN2O4S/c1-3-4-14(18(23)24)21-17(22)11(2)26-10-16-20-9-15(25-16)12-5-7-13(19)8-6-12/h5-9,11,14H,3-4,10H2,1-2H3,(H,21,22)(H,23,24). The second-order valence-electron chi connectivity index (χ2n) is 5.77. The van der Waals surface area contributed by atoms with E-state index in [0.29, 0.717) is 35.3 Å². The Bertz CT molecular complexity index is 748. The largest absolute Gasteiger partial charge is 0.480 e. The van der Waals surface area contributed by atoms with E-state index in [4.69, 9.17) is 21.1 Å². The van der Waals surface area contributed by atoms with Crippen molar-refractivity contribution in [2.24, 2.45) is 0 Å². The van der Waals surface area contributed by atoms with Gasteiger partial charge in [0.05, 0.1) is 17.2 Å². The lowest BCUT2D eigenvalue weighted by atomic mass is 10.1. The predicted octanol–water partition coefficient (Wildman–Crippen LogP) is 3.99. The lowest BCUT2D eigenvalue weighted by Gasteiger charge is -2.16. The predicted molar refractivity (Wildman–Crippen MR) is 102 cm³/mol. The number of thioether (sulfide) groups is 1. The van der Waals surface area contributed by atoms with Crippen LogP contribution in [0.1, 0.15) is 32.6 Å². The second kappa shape index (κ2) is 9.64. The molecule has 26 heavy (non-hydrogen) atoms. The molecule has 8 heteroatoms. The molecule has 2 aromatic rings. The molecule has 1 aromatic carbocycles. The van der Waals surface area contributed by atoms with Crippen molar-refractivity contribution >= 4 is 35.2 Å². The summed E-state index contributed by atoms with van der Waals surface area (Å²) in [5.41, 5.74) is 0.868. The molecule has 0 fully saturated rings. The molecule has 0 bridgehead atoms. The number of amides is 1. The quantitative estimate of drug-likeness (QED) is 0.665. The first kappa shape index (κ1) is 20.3. The zero-order valence-corrected chi connectivity index (χ0v) is 16.1. The number of halogens is 1. The highest BCUT2D eigenvalue weighted by molar-refractivity contribution is 7.99. The van der Waals surface area contributed by atoms with Crippen molar-refractivity contribution < 1.29 is 19.1 Å². The number of nitrogens with one attached hydrogen (secondary N) is 1. The minimum atomic E-state index is -1.02. The summed E-state index contributed by atoms with van der Waals surface area (Å²) in [6, 6.07) is 6.38. The fourth-order valence-electron chi connectivity index (χ4n) is 2.23. The summed E-state index contributed by atoms with van der Waals surface area (Å²) in [6.45, 7) is 3.61. The number of rotatable bonds is 9. The highest BCUT2D eigenvalue weighted by atomic mass is 35.5. The van der Waals surface area contributed by atoms with E-state index in [-0.39, 0.29) is 5.91 Å². The number of benzene rings is 1. The molecule has 1 heterocycles. The van der Waals surface area contributed by atoms with Gasteiger partial charge in [0.2, 0.25) is 11.8 Å². The van der Waals surface area contributed by atoms with E-state index in [9.17, 15) is 9.59 Å². The van der Waals surface area contributed by atoms with Gasteiger partial charge in [0, 0.05) is 10.6 Å². The van der Waals surface area contributed by atoms with Gasteiger partial charge >= 0.3 is 5.97 Å². The molecule has 0 spiro atoms. The van der Waals surface area contributed by atoms with Gasteiger partial charge in [0.25, 0.3) is 0 Å². The molecule has 2 N–H and O–H groups in total. The van der Waals surface area contributed by atoms with Crippen molar-refractivity contribution in [2.75, 3.05) is 0 Å². The van der Waals surface area contributed by atoms with Crippen molar-refractivity contribution in [2.45, 2.75) is 43.7 Å². The first-order valence-electron chi connectivity index (χ1n) is 8.26. The van der Waals surface area contributed by atoms with E-state index in [0.717, 1.165) is 5.56 Å². The minimum absolute atomic E-state index is 0.305. The van der Waals surface area contributed by atoms with E-state index in [1.54, 1.807) is 25.3 Å². The van der Waals surface area contributed by atoms with Gasteiger partial charge in [-0.3, -0.25) is 4.79 Å². The summed E-state index contributed by atoms with van der Waals surface area (Å²) >= 11 is 7.21. The molecule has 1 aromatic heterocycles. The van der Waals surface area contributed by atoms with Crippen molar-refractivity contribution in [3.05, 3.63) is 41.4 Å². The third-order valence-electron chi connectivity index (χ3n) is 3.70. The average molecular weight is 397 g/mol. The molecule has 6 nitrogen and oxygen atoms in total. The Hall–Kier alpha value is -1.99. The van der Waals surface area contributed by atoms with Gasteiger partial charge < -0.3 is 14.8 Å². The van der Waals surface area contributed by atoms with Gasteiger partial charge in [-0.05, 0) is 37.6 Å². The number of hydrogen-bond donors (Lipinski definition) is 2. The van der Waals surface area contributed by atoms with E-state index >= 15 is 0 Å². The monoisotopic (exact) mass is 396 g/mol. The maximum absolute atomic E-state index is 12.2. The summed E-state index contributed by atoms with van der Waals surface area (Å²) < 4.78 is 5.70. The highest BCUT2D eigenvalue weighted by Crippen LogP contribution is 2.25. The van der Waals surface area contributed by atoms with Gasteiger partial charge in [0.15, 0.2) is 5.76 Å². The van der Waals surface area contributed by atoms with E-state index in [2.05, 4.69) is 10.3 Å². The molecular formula is C18H21ClN2O4S. The van der Waals surface area contributed by atoms with Crippen LogP contribution in [0.4, 0.5) is 0 Å². The van der Waals surface area contributed by atoms with E-state index in [1.807, 2.05) is 19.1 Å². The van der Waals surface area contributed by atoms with Crippen molar-refractivity contribution in [1.29, 1.82) is 0 Å².